The Bertz CT molecular complexity index is 316. The molecule has 1 atom stereocenters. The van der Waals surface area contributed by atoms with Gasteiger partial charge in [-0.15, -0.1) is 0 Å². The average Bonchev–Trinajstić information content (AvgIpc) is 2.23. The van der Waals surface area contributed by atoms with Crippen LogP contribution in [-0.2, 0) is 19.4 Å². The molecule has 0 spiro atoms. The molecule has 1 unspecified atom stereocenters. The lowest BCUT2D eigenvalue weighted by atomic mass is 10.1. The van der Waals surface area contributed by atoms with Gasteiger partial charge in [-0.05, 0) is 19.3 Å². The van der Waals surface area contributed by atoms with Crippen LogP contribution >= 0.6 is 0 Å². The van der Waals surface area contributed by atoms with Crippen LogP contribution < -0.4 is 11.1 Å². The van der Waals surface area contributed by atoms with Crippen molar-refractivity contribution in [1.82, 2.24) is 5.32 Å². The molecule has 17 heavy (non-hydrogen) atoms. The summed E-state index contributed by atoms with van der Waals surface area (Å²) in [4.78, 5) is 11.4. The Balaban J connectivity index is 3.64. The molecule has 0 aromatic heterocycles. The van der Waals surface area contributed by atoms with E-state index < -0.39 is 15.9 Å². The zero-order valence-electron chi connectivity index (χ0n) is 10.4. The molecule has 0 saturated heterocycles. The number of methoxy groups -OCH3 is 1. The number of nitrogens with one attached hydrogen (secondary N) is 1. The SMILES string of the molecule is COCCCC(N)C(=O)NCCCS(C)(=O)=O. The third-order valence-electron chi connectivity index (χ3n) is 2.19. The fraction of sp³-hybridized carbons (Fsp3) is 0.900. The Hall–Kier alpha value is -0.660. The number of carbonyl (C=O) groups is 1. The van der Waals surface area contributed by atoms with Crippen molar-refractivity contribution in [3.8, 4) is 0 Å². The Kier molecular flexibility index (Phi) is 8.11. The maximum Gasteiger partial charge on any atom is 0.236 e. The summed E-state index contributed by atoms with van der Waals surface area (Å²) in [6.45, 7) is 0.916. The first kappa shape index (κ1) is 16.3. The van der Waals surface area contributed by atoms with Crippen LogP contribution in [-0.4, -0.2) is 52.6 Å². The van der Waals surface area contributed by atoms with E-state index in [0.29, 0.717) is 26.0 Å². The molecule has 0 aromatic carbocycles. The summed E-state index contributed by atoms with van der Waals surface area (Å²) in [5, 5.41) is 2.61. The molecule has 0 aliphatic rings. The molecule has 0 radical (unpaired) electrons. The lowest BCUT2D eigenvalue weighted by Gasteiger charge is -2.11. The monoisotopic (exact) mass is 266 g/mol. The fourth-order valence-electron chi connectivity index (χ4n) is 1.26. The van der Waals surface area contributed by atoms with Crippen LogP contribution in [0, 0.1) is 0 Å². The van der Waals surface area contributed by atoms with E-state index in [1.807, 2.05) is 0 Å². The second kappa shape index (κ2) is 8.43. The molecule has 0 rings (SSSR count). The van der Waals surface area contributed by atoms with Gasteiger partial charge in [0.1, 0.15) is 9.84 Å². The fourth-order valence-corrected chi connectivity index (χ4v) is 1.92. The Labute approximate surface area is 103 Å². The van der Waals surface area contributed by atoms with Gasteiger partial charge in [-0.3, -0.25) is 4.79 Å². The van der Waals surface area contributed by atoms with Crippen molar-refractivity contribution >= 4 is 15.7 Å². The van der Waals surface area contributed by atoms with Gasteiger partial charge in [0.2, 0.25) is 5.91 Å². The van der Waals surface area contributed by atoms with Crippen molar-refractivity contribution in [1.29, 1.82) is 0 Å². The lowest BCUT2D eigenvalue weighted by molar-refractivity contribution is -0.122. The van der Waals surface area contributed by atoms with E-state index in [2.05, 4.69) is 5.32 Å². The van der Waals surface area contributed by atoms with Crippen LogP contribution in [0.4, 0.5) is 0 Å². The van der Waals surface area contributed by atoms with E-state index in [1.165, 1.54) is 6.26 Å². The van der Waals surface area contributed by atoms with Crippen molar-refractivity contribution in [2.24, 2.45) is 5.73 Å². The highest BCUT2D eigenvalue weighted by molar-refractivity contribution is 7.90. The molecule has 0 heterocycles. The molecule has 102 valence electrons. The number of sulfone groups is 1. The molecule has 3 N–H and O–H groups in total. The van der Waals surface area contributed by atoms with Crippen molar-refractivity contribution in [3.05, 3.63) is 0 Å². The minimum Gasteiger partial charge on any atom is -0.385 e. The third kappa shape index (κ3) is 10.2. The van der Waals surface area contributed by atoms with Gasteiger partial charge in [0, 0.05) is 26.5 Å². The van der Waals surface area contributed by atoms with Gasteiger partial charge in [0.05, 0.1) is 11.8 Å². The summed E-state index contributed by atoms with van der Waals surface area (Å²) in [7, 11) is -1.36. The van der Waals surface area contributed by atoms with Crippen molar-refractivity contribution in [3.63, 3.8) is 0 Å². The summed E-state index contributed by atoms with van der Waals surface area (Å²) in [6, 6.07) is -0.552. The maximum absolute atomic E-state index is 11.4. The van der Waals surface area contributed by atoms with E-state index in [1.54, 1.807) is 7.11 Å². The van der Waals surface area contributed by atoms with Crippen molar-refractivity contribution in [2.45, 2.75) is 25.3 Å². The highest BCUT2D eigenvalue weighted by Gasteiger charge is 2.12. The van der Waals surface area contributed by atoms with Gasteiger partial charge in [-0.2, -0.15) is 0 Å². The second-order valence-electron chi connectivity index (χ2n) is 4.02. The van der Waals surface area contributed by atoms with Gasteiger partial charge in [0.25, 0.3) is 0 Å². The van der Waals surface area contributed by atoms with Crippen molar-refractivity contribution in [2.75, 3.05) is 32.3 Å². The van der Waals surface area contributed by atoms with Gasteiger partial charge < -0.3 is 15.8 Å². The molecule has 0 aliphatic heterocycles. The highest BCUT2D eigenvalue weighted by atomic mass is 32.2. The number of nitrogens with two attached hydrogens (primary N) is 1. The van der Waals surface area contributed by atoms with E-state index >= 15 is 0 Å². The van der Waals surface area contributed by atoms with E-state index in [-0.39, 0.29) is 11.7 Å². The van der Waals surface area contributed by atoms with Crippen LogP contribution in [0.2, 0.25) is 0 Å². The van der Waals surface area contributed by atoms with Crippen LogP contribution in [0.15, 0.2) is 0 Å². The van der Waals surface area contributed by atoms with Crippen LogP contribution in [0.5, 0.6) is 0 Å². The molecule has 0 aliphatic carbocycles. The predicted molar refractivity (Wildman–Crippen MR) is 66.4 cm³/mol. The average molecular weight is 266 g/mol. The lowest BCUT2D eigenvalue weighted by Crippen LogP contribution is -2.41. The highest BCUT2D eigenvalue weighted by Crippen LogP contribution is 1.95. The first-order valence-electron chi connectivity index (χ1n) is 5.57. The maximum atomic E-state index is 11.4. The normalized spacial score (nSPS) is 13.4. The Morgan fingerprint density at radius 1 is 1.41 bits per heavy atom. The van der Waals surface area contributed by atoms with Gasteiger partial charge in [-0.25, -0.2) is 8.42 Å². The second-order valence-corrected chi connectivity index (χ2v) is 6.28. The topological polar surface area (TPSA) is 98.5 Å². The number of ether oxygens (including phenoxy) is 1. The summed E-state index contributed by atoms with van der Waals surface area (Å²) in [5.74, 6) is -0.166. The zero-order chi connectivity index (χ0) is 13.3. The van der Waals surface area contributed by atoms with Crippen LogP contribution in [0.25, 0.3) is 0 Å². The first-order valence-corrected chi connectivity index (χ1v) is 7.63. The van der Waals surface area contributed by atoms with Gasteiger partial charge in [-0.1, -0.05) is 0 Å². The summed E-state index contributed by atoms with van der Waals surface area (Å²) in [6.07, 6.45) is 2.88. The number of amides is 1. The zero-order valence-corrected chi connectivity index (χ0v) is 11.3. The van der Waals surface area contributed by atoms with Crippen LogP contribution in [0.1, 0.15) is 19.3 Å². The minimum absolute atomic E-state index is 0.0756. The van der Waals surface area contributed by atoms with Crippen LogP contribution in [0.3, 0.4) is 0 Å². The molecule has 1 amide bonds. The van der Waals surface area contributed by atoms with Crippen molar-refractivity contribution < 1.29 is 17.9 Å². The molecule has 0 fully saturated rings. The molecular weight excluding hydrogens is 244 g/mol. The number of rotatable bonds is 9. The van der Waals surface area contributed by atoms with Gasteiger partial charge >= 0.3 is 0 Å². The molecular formula is C10H22N2O4S. The summed E-state index contributed by atoms with van der Waals surface area (Å²) < 4.78 is 26.5. The third-order valence-corrected chi connectivity index (χ3v) is 3.22. The van der Waals surface area contributed by atoms with E-state index in [0.717, 1.165) is 6.42 Å². The quantitative estimate of drug-likeness (QED) is 0.537. The largest absolute Gasteiger partial charge is 0.385 e. The predicted octanol–water partition coefficient (Wildman–Crippen LogP) is -0.709. The molecule has 6 nitrogen and oxygen atoms in total. The standard InChI is InChI=1S/C10H22N2O4S/c1-16-7-3-5-9(11)10(13)12-6-4-8-17(2,14)15/h9H,3-8,11H2,1-2H3,(H,12,13). The molecule has 0 bridgehead atoms. The number of carbonyl (C=O) groups excluding carboxylic acids is 1. The number of hydrogen-bond donors (Lipinski definition) is 2. The first-order chi connectivity index (χ1) is 7.87. The van der Waals surface area contributed by atoms with E-state index in [9.17, 15) is 13.2 Å². The molecule has 7 heteroatoms. The van der Waals surface area contributed by atoms with E-state index in [4.69, 9.17) is 10.5 Å². The van der Waals surface area contributed by atoms with Gasteiger partial charge in [0.15, 0.2) is 0 Å². The minimum atomic E-state index is -2.96. The number of hydrogen-bond acceptors (Lipinski definition) is 5. The Morgan fingerprint density at radius 2 is 2.06 bits per heavy atom. The summed E-state index contributed by atoms with van der Waals surface area (Å²) >= 11 is 0. The molecule has 0 saturated carbocycles. The summed E-state index contributed by atoms with van der Waals surface area (Å²) in [5.41, 5.74) is 5.64. The molecule has 0 aromatic rings. The smallest absolute Gasteiger partial charge is 0.236 e. The Morgan fingerprint density at radius 3 is 2.59 bits per heavy atom.